The van der Waals surface area contributed by atoms with Gasteiger partial charge in [-0.1, -0.05) is 21.1 Å². The van der Waals surface area contributed by atoms with Gasteiger partial charge in [-0.05, 0) is 35.9 Å². The Morgan fingerprint density at radius 3 is 2.52 bits per heavy atom. The standard InChI is InChI=1S/C14H11BrF2N2O2/c15-10-4-12(17)6-13(5-10)21-7-8-1-9(14(18)19-20)3-11(16)2-8/h1-6,20H,7H2,(H2,18,19). The van der Waals surface area contributed by atoms with E-state index in [9.17, 15) is 8.78 Å². The van der Waals surface area contributed by atoms with Crippen LogP contribution in [0.25, 0.3) is 0 Å². The zero-order chi connectivity index (χ0) is 15.4. The van der Waals surface area contributed by atoms with E-state index < -0.39 is 11.6 Å². The van der Waals surface area contributed by atoms with Gasteiger partial charge >= 0.3 is 0 Å². The first-order chi connectivity index (χ1) is 9.97. The van der Waals surface area contributed by atoms with Gasteiger partial charge in [-0.25, -0.2) is 8.78 Å². The molecule has 0 atom stereocenters. The molecule has 0 heterocycles. The van der Waals surface area contributed by atoms with Crippen molar-refractivity contribution in [3.05, 3.63) is 63.6 Å². The molecule has 0 spiro atoms. The number of halogens is 3. The average molecular weight is 357 g/mol. The van der Waals surface area contributed by atoms with Crippen molar-refractivity contribution in [2.75, 3.05) is 0 Å². The van der Waals surface area contributed by atoms with Gasteiger partial charge in [-0.15, -0.1) is 0 Å². The van der Waals surface area contributed by atoms with Gasteiger partial charge in [-0.3, -0.25) is 0 Å². The van der Waals surface area contributed by atoms with E-state index in [1.807, 2.05) is 0 Å². The van der Waals surface area contributed by atoms with Crippen molar-refractivity contribution in [2.45, 2.75) is 6.61 Å². The summed E-state index contributed by atoms with van der Waals surface area (Å²) in [5, 5.41) is 11.4. The number of amidine groups is 1. The van der Waals surface area contributed by atoms with Crippen LogP contribution in [0.1, 0.15) is 11.1 Å². The Kier molecular flexibility index (Phi) is 4.74. The highest BCUT2D eigenvalue weighted by atomic mass is 79.9. The number of nitrogens with two attached hydrogens (primary N) is 1. The van der Waals surface area contributed by atoms with Crippen LogP contribution in [0.15, 0.2) is 46.0 Å². The first-order valence-corrected chi connectivity index (χ1v) is 6.63. The van der Waals surface area contributed by atoms with Crippen LogP contribution >= 0.6 is 15.9 Å². The van der Waals surface area contributed by atoms with Crippen LogP contribution in [-0.2, 0) is 6.61 Å². The van der Waals surface area contributed by atoms with Crippen molar-refractivity contribution in [3.8, 4) is 5.75 Å². The number of ether oxygens (including phenoxy) is 1. The topological polar surface area (TPSA) is 67.8 Å². The molecular formula is C14H11BrF2N2O2. The highest BCUT2D eigenvalue weighted by Crippen LogP contribution is 2.22. The van der Waals surface area contributed by atoms with E-state index in [-0.39, 0.29) is 18.0 Å². The summed E-state index contributed by atoms with van der Waals surface area (Å²) in [6, 6.07) is 8.01. The Morgan fingerprint density at radius 1 is 1.14 bits per heavy atom. The van der Waals surface area contributed by atoms with Gasteiger partial charge in [0.05, 0.1) is 0 Å². The zero-order valence-electron chi connectivity index (χ0n) is 10.7. The van der Waals surface area contributed by atoms with Gasteiger partial charge in [0.1, 0.15) is 24.0 Å². The molecule has 2 aromatic carbocycles. The van der Waals surface area contributed by atoms with Crippen LogP contribution in [0.5, 0.6) is 5.75 Å². The molecule has 3 N–H and O–H groups in total. The molecule has 4 nitrogen and oxygen atoms in total. The summed E-state index contributed by atoms with van der Waals surface area (Å²) in [7, 11) is 0. The smallest absolute Gasteiger partial charge is 0.170 e. The molecule has 2 aromatic rings. The van der Waals surface area contributed by atoms with Gasteiger partial charge in [0, 0.05) is 16.1 Å². The van der Waals surface area contributed by atoms with E-state index in [1.54, 1.807) is 6.07 Å². The van der Waals surface area contributed by atoms with Gasteiger partial charge in [0.25, 0.3) is 0 Å². The second-order valence-electron chi connectivity index (χ2n) is 4.23. The summed E-state index contributed by atoms with van der Waals surface area (Å²) in [4.78, 5) is 0. The molecule has 0 fully saturated rings. The quantitative estimate of drug-likeness (QED) is 0.381. The monoisotopic (exact) mass is 356 g/mol. The van der Waals surface area contributed by atoms with Crippen LogP contribution in [0.4, 0.5) is 8.78 Å². The maximum Gasteiger partial charge on any atom is 0.170 e. The second-order valence-corrected chi connectivity index (χ2v) is 5.14. The number of benzene rings is 2. The third-order valence-electron chi connectivity index (χ3n) is 2.60. The molecule has 0 saturated carbocycles. The van der Waals surface area contributed by atoms with Gasteiger partial charge in [0.2, 0.25) is 0 Å². The van der Waals surface area contributed by atoms with Crippen molar-refractivity contribution in [1.82, 2.24) is 0 Å². The van der Waals surface area contributed by atoms with Crippen molar-refractivity contribution in [2.24, 2.45) is 10.9 Å². The average Bonchev–Trinajstić information content (AvgIpc) is 2.42. The fourth-order valence-electron chi connectivity index (χ4n) is 1.72. The maximum absolute atomic E-state index is 13.5. The fourth-order valence-corrected chi connectivity index (χ4v) is 2.16. The molecule has 0 unspecified atom stereocenters. The first kappa shape index (κ1) is 15.2. The fraction of sp³-hybridized carbons (Fsp3) is 0.0714. The molecule has 0 aliphatic heterocycles. The lowest BCUT2D eigenvalue weighted by Gasteiger charge is -2.09. The maximum atomic E-state index is 13.5. The number of oxime groups is 1. The Balaban J connectivity index is 2.18. The Labute approximate surface area is 128 Å². The van der Waals surface area contributed by atoms with Crippen molar-refractivity contribution < 1.29 is 18.7 Å². The van der Waals surface area contributed by atoms with E-state index in [4.69, 9.17) is 15.7 Å². The minimum absolute atomic E-state index is 0.0133. The van der Waals surface area contributed by atoms with Gasteiger partial charge in [-0.2, -0.15) is 0 Å². The third kappa shape index (κ3) is 4.16. The first-order valence-electron chi connectivity index (χ1n) is 5.84. The van der Waals surface area contributed by atoms with Gasteiger partial charge in [0.15, 0.2) is 5.84 Å². The van der Waals surface area contributed by atoms with Crippen molar-refractivity contribution in [1.29, 1.82) is 0 Å². The molecule has 0 aliphatic rings. The van der Waals surface area contributed by atoms with Crippen LogP contribution in [-0.4, -0.2) is 11.0 Å². The van der Waals surface area contributed by atoms with E-state index in [2.05, 4.69) is 21.1 Å². The predicted octanol–water partition coefficient (Wildman–Crippen LogP) is 3.40. The molecule has 0 amide bonds. The zero-order valence-corrected chi connectivity index (χ0v) is 12.3. The SMILES string of the molecule is N/C(=N/O)c1cc(F)cc(COc2cc(F)cc(Br)c2)c1. The normalized spacial score (nSPS) is 11.5. The molecule has 0 aliphatic carbocycles. The van der Waals surface area contributed by atoms with Crippen molar-refractivity contribution in [3.63, 3.8) is 0 Å². The summed E-state index contributed by atoms with van der Waals surface area (Å²) in [6.45, 7) is 0.0133. The molecule has 0 radical (unpaired) electrons. The van der Waals surface area contributed by atoms with E-state index in [0.29, 0.717) is 15.8 Å². The second kappa shape index (κ2) is 6.53. The lowest BCUT2D eigenvalue weighted by molar-refractivity contribution is 0.303. The molecule has 0 bridgehead atoms. The Bertz CT molecular complexity index is 672. The minimum atomic E-state index is -0.543. The molecule has 0 aromatic heterocycles. The lowest BCUT2D eigenvalue weighted by atomic mass is 10.1. The lowest BCUT2D eigenvalue weighted by Crippen LogP contribution is -2.14. The highest BCUT2D eigenvalue weighted by Gasteiger charge is 2.06. The molecular weight excluding hydrogens is 346 g/mol. The summed E-state index contributed by atoms with van der Waals surface area (Å²) >= 11 is 3.15. The van der Waals surface area contributed by atoms with Crippen LogP contribution in [0.2, 0.25) is 0 Å². The van der Waals surface area contributed by atoms with Crippen molar-refractivity contribution >= 4 is 21.8 Å². The van der Waals surface area contributed by atoms with Gasteiger partial charge < -0.3 is 15.7 Å². The number of hydrogen-bond acceptors (Lipinski definition) is 3. The van der Waals surface area contributed by atoms with E-state index in [0.717, 1.165) is 6.07 Å². The molecule has 7 heteroatoms. The largest absolute Gasteiger partial charge is 0.489 e. The predicted molar refractivity (Wildman–Crippen MR) is 77.3 cm³/mol. The summed E-state index contributed by atoms with van der Waals surface area (Å²) < 4.78 is 32.6. The number of hydrogen-bond donors (Lipinski definition) is 2. The molecule has 0 saturated heterocycles. The van der Waals surface area contributed by atoms with Crippen LogP contribution in [0, 0.1) is 11.6 Å². The Morgan fingerprint density at radius 2 is 1.86 bits per heavy atom. The summed E-state index contributed by atoms with van der Waals surface area (Å²) in [6.07, 6.45) is 0. The molecule has 2 rings (SSSR count). The number of nitrogens with zero attached hydrogens (tertiary/aromatic N) is 1. The summed E-state index contributed by atoms with van der Waals surface area (Å²) in [5.41, 5.74) is 6.12. The minimum Gasteiger partial charge on any atom is -0.489 e. The van der Waals surface area contributed by atoms with E-state index >= 15 is 0 Å². The van der Waals surface area contributed by atoms with Crippen LogP contribution < -0.4 is 10.5 Å². The number of rotatable bonds is 4. The Hall–Kier alpha value is -2.15. The molecule has 110 valence electrons. The summed E-state index contributed by atoms with van der Waals surface area (Å²) in [5.74, 6) is -0.894. The third-order valence-corrected chi connectivity index (χ3v) is 3.06. The molecule has 21 heavy (non-hydrogen) atoms. The van der Waals surface area contributed by atoms with Crippen LogP contribution in [0.3, 0.4) is 0 Å². The highest BCUT2D eigenvalue weighted by molar-refractivity contribution is 9.10. The van der Waals surface area contributed by atoms with E-state index in [1.165, 1.54) is 24.3 Å².